The van der Waals surface area contributed by atoms with E-state index >= 15 is 0 Å². The lowest BCUT2D eigenvalue weighted by Gasteiger charge is -2.13. The fourth-order valence-corrected chi connectivity index (χ4v) is 4.93. The molecule has 0 atom stereocenters. The van der Waals surface area contributed by atoms with E-state index in [4.69, 9.17) is 9.15 Å². The summed E-state index contributed by atoms with van der Waals surface area (Å²) in [7, 11) is 1.34. The lowest BCUT2D eigenvalue weighted by Crippen LogP contribution is -2.22. The molecule has 2 aromatic carbocycles. The Bertz CT molecular complexity index is 1630. The number of hydrogen-bond donors (Lipinski definition) is 0. The largest absolute Gasteiger partial charge is 0.465 e. The van der Waals surface area contributed by atoms with Gasteiger partial charge < -0.3 is 9.15 Å². The molecule has 34 heavy (non-hydrogen) atoms. The van der Waals surface area contributed by atoms with Crippen LogP contribution in [0.5, 0.6) is 0 Å². The Labute approximate surface area is 199 Å². The second-order valence-corrected chi connectivity index (χ2v) is 8.97. The number of carbonyl (C=O) groups excluding carboxylic acids is 1. The minimum Gasteiger partial charge on any atom is -0.465 e. The zero-order valence-corrected chi connectivity index (χ0v) is 20.0. The summed E-state index contributed by atoms with van der Waals surface area (Å²) in [5.74, 6) is 1.54. The lowest BCUT2D eigenvalue weighted by molar-refractivity contribution is 0.0599. The number of furan rings is 1. The van der Waals surface area contributed by atoms with Crippen molar-refractivity contribution in [3.63, 3.8) is 0 Å². The molecule has 5 aromatic rings. The van der Waals surface area contributed by atoms with Crippen molar-refractivity contribution in [1.82, 2.24) is 19.2 Å². The fraction of sp³-hybridized carbons (Fsp3) is 0.200. The van der Waals surface area contributed by atoms with Crippen molar-refractivity contribution in [3.05, 3.63) is 87.1 Å². The van der Waals surface area contributed by atoms with E-state index in [1.165, 1.54) is 18.9 Å². The van der Waals surface area contributed by atoms with E-state index in [-0.39, 0.29) is 5.56 Å². The molecule has 0 aliphatic carbocycles. The molecule has 3 aromatic heterocycles. The Balaban J connectivity index is 1.65. The minimum atomic E-state index is -0.436. The molecule has 0 spiro atoms. The summed E-state index contributed by atoms with van der Waals surface area (Å²) in [5.41, 5.74) is 3.82. The number of aromatic nitrogens is 4. The van der Waals surface area contributed by atoms with Crippen molar-refractivity contribution in [3.8, 4) is 5.69 Å². The Hall–Kier alpha value is -3.85. The highest BCUT2D eigenvalue weighted by atomic mass is 32.2. The number of aryl methyl sites for hydroxylation is 3. The molecule has 0 bridgehead atoms. The van der Waals surface area contributed by atoms with E-state index in [2.05, 4.69) is 10.2 Å². The Kier molecular flexibility index (Phi) is 5.49. The zero-order chi connectivity index (χ0) is 24.0. The van der Waals surface area contributed by atoms with Gasteiger partial charge in [-0.05, 0) is 50.6 Å². The Morgan fingerprint density at radius 2 is 1.88 bits per heavy atom. The van der Waals surface area contributed by atoms with Crippen molar-refractivity contribution >= 4 is 34.4 Å². The van der Waals surface area contributed by atoms with Gasteiger partial charge in [-0.3, -0.25) is 9.20 Å². The van der Waals surface area contributed by atoms with Gasteiger partial charge in [0.15, 0.2) is 5.16 Å². The molecule has 172 valence electrons. The van der Waals surface area contributed by atoms with Crippen LogP contribution in [-0.4, -0.2) is 32.2 Å². The summed E-state index contributed by atoms with van der Waals surface area (Å²) in [6.07, 6.45) is 0. The second kappa shape index (κ2) is 8.49. The minimum absolute atomic E-state index is 0.150. The van der Waals surface area contributed by atoms with Gasteiger partial charge in [-0.15, -0.1) is 10.2 Å². The summed E-state index contributed by atoms with van der Waals surface area (Å²) in [6, 6.07) is 15.1. The highest BCUT2D eigenvalue weighted by molar-refractivity contribution is 7.98. The van der Waals surface area contributed by atoms with Crippen LogP contribution in [0.4, 0.5) is 0 Å². The number of para-hydroxylation sites is 1. The average Bonchev–Trinajstić information content (AvgIpc) is 3.42. The summed E-state index contributed by atoms with van der Waals surface area (Å²) in [5, 5.41) is 9.97. The first-order valence-corrected chi connectivity index (χ1v) is 11.6. The highest BCUT2D eigenvalue weighted by Gasteiger charge is 2.20. The van der Waals surface area contributed by atoms with Gasteiger partial charge in [-0.25, -0.2) is 9.36 Å². The van der Waals surface area contributed by atoms with Crippen LogP contribution in [0.1, 0.15) is 33.0 Å². The molecule has 0 saturated carbocycles. The van der Waals surface area contributed by atoms with Crippen LogP contribution >= 0.6 is 11.8 Å². The van der Waals surface area contributed by atoms with E-state index < -0.39 is 5.97 Å². The number of nitrogens with zero attached hydrogens (tertiary/aromatic N) is 4. The summed E-state index contributed by atoms with van der Waals surface area (Å²) < 4.78 is 14.0. The Morgan fingerprint density at radius 3 is 2.65 bits per heavy atom. The molecule has 3 heterocycles. The molecule has 0 saturated heterocycles. The fourth-order valence-electron chi connectivity index (χ4n) is 4.11. The maximum Gasteiger partial charge on any atom is 0.341 e. The molecule has 9 heteroatoms. The predicted molar refractivity (Wildman–Crippen MR) is 130 cm³/mol. The highest BCUT2D eigenvalue weighted by Crippen LogP contribution is 2.28. The van der Waals surface area contributed by atoms with E-state index in [9.17, 15) is 9.59 Å². The summed E-state index contributed by atoms with van der Waals surface area (Å²) in [6.45, 7) is 5.72. The maximum absolute atomic E-state index is 13.5. The topological polar surface area (TPSA) is 91.6 Å². The van der Waals surface area contributed by atoms with Crippen LogP contribution in [0.2, 0.25) is 0 Å². The second-order valence-electron chi connectivity index (χ2n) is 8.03. The first-order valence-electron chi connectivity index (χ1n) is 10.7. The van der Waals surface area contributed by atoms with Crippen molar-refractivity contribution in [1.29, 1.82) is 0 Å². The number of esters is 1. The number of benzene rings is 2. The van der Waals surface area contributed by atoms with E-state index in [1.807, 2.05) is 60.7 Å². The zero-order valence-electron chi connectivity index (χ0n) is 19.2. The van der Waals surface area contributed by atoms with Crippen molar-refractivity contribution in [2.75, 3.05) is 7.11 Å². The summed E-state index contributed by atoms with van der Waals surface area (Å²) in [4.78, 5) is 25.4. The third-order valence-corrected chi connectivity index (χ3v) is 6.66. The first kappa shape index (κ1) is 22.0. The molecular formula is C25H22N4O4S. The normalized spacial score (nSPS) is 11.4. The number of ether oxygens (including phenoxy) is 1. The van der Waals surface area contributed by atoms with E-state index in [0.29, 0.717) is 39.2 Å². The van der Waals surface area contributed by atoms with Gasteiger partial charge in [0.2, 0.25) is 5.78 Å². The predicted octanol–water partition coefficient (Wildman–Crippen LogP) is 4.63. The standard InChI is InChI=1S/C25H22N4O4S/c1-14-9-10-20(15(2)11-14)28-22(30)18-7-5-6-8-21(18)29-24(28)26-27-25(29)34-13-17-12-19(16(3)33-17)23(31)32-4/h5-12H,13H2,1-4H3. The van der Waals surface area contributed by atoms with Gasteiger partial charge in [0, 0.05) is 0 Å². The molecule has 0 aliphatic heterocycles. The van der Waals surface area contributed by atoms with E-state index in [1.54, 1.807) is 17.6 Å². The monoisotopic (exact) mass is 474 g/mol. The summed E-state index contributed by atoms with van der Waals surface area (Å²) >= 11 is 1.41. The molecule has 0 fully saturated rings. The first-order chi connectivity index (χ1) is 16.4. The van der Waals surface area contributed by atoms with Gasteiger partial charge >= 0.3 is 5.97 Å². The lowest BCUT2D eigenvalue weighted by atomic mass is 10.1. The number of hydrogen-bond acceptors (Lipinski definition) is 7. The molecule has 0 aliphatic rings. The number of rotatable bonds is 5. The third kappa shape index (κ3) is 3.58. The number of thioether (sulfide) groups is 1. The van der Waals surface area contributed by atoms with Crippen LogP contribution in [0, 0.1) is 20.8 Å². The molecule has 0 radical (unpaired) electrons. The van der Waals surface area contributed by atoms with Crippen molar-refractivity contribution in [2.45, 2.75) is 31.7 Å². The molecule has 0 N–H and O–H groups in total. The van der Waals surface area contributed by atoms with E-state index in [0.717, 1.165) is 22.3 Å². The molecule has 8 nitrogen and oxygen atoms in total. The third-order valence-electron chi connectivity index (χ3n) is 5.71. The van der Waals surface area contributed by atoms with Crippen molar-refractivity contribution in [2.24, 2.45) is 0 Å². The van der Waals surface area contributed by atoms with Gasteiger partial charge in [0.1, 0.15) is 17.1 Å². The van der Waals surface area contributed by atoms with Gasteiger partial charge in [0.05, 0.1) is 29.5 Å². The van der Waals surface area contributed by atoms with Crippen LogP contribution in [-0.2, 0) is 10.5 Å². The smallest absolute Gasteiger partial charge is 0.341 e. The van der Waals surface area contributed by atoms with Crippen molar-refractivity contribution < 1.29 is 13.9 Å². The quantitative estimate of drug-likeness (QED) is 0.271. The van der Waals surface area contributed by atoms with Crippen LogP contribution in [0.3, 0.4) is 0 Å². The molecule has 0 unspecified atom stereocenters. The van der Waals surface area contributed by atoms with Crippen LogP contribution in [0.25, 0.3) is 22.4 Å². The molecule has 0 amide bonds. The maximum atomic E-state index is 13.5. The van der Waals surface area contributed by atoms with Gasteiger partial charge in [-0.1, -0.05) is 41.6 Å². The molecular weight excluding hydrogens is 452 g/mol. The SMILES string of the molecule is COC(=O)c1cc(CSc2nnc3n(-c4ccc(C)cc4C)c(=O)c4ccccc4n23)oc1C. The number of methoxy groups -OCH3 is 1. The average molecular weight is 475 g/mol. The van der Waals surface area contributed by atoms with Crippen LogP contribution < -0.4 is 5.56 Å². The molecule has 5 rings (SSSR count). The number of fused-ring (bicyclic) bond motifs is 3. The van der Waals surface area contributed by atoms with Crippen LogP contribution in [0.15, 0.2) is 62.9 Å². The van der Waals surface area contributed by atoms with Gasteiger partial charge in [0.25, 0.3) is 5.56 Å². The Morgan fingerprint density at radius 1 is 1.09 bits per heavy atom. The number of carbonyl (C=O) groups is 1. The van der Waals surface area contributed by atoms with Gasteiger partial charge in [-0.2, -0.15) is 0 Å².